The zero-order valence-electron chi connectivity index (χ0n) is 6.96. The number of carboxylic acid groups (broad SMARTS) is 1. The van der Waals surface area contributed by atoms with Gasteiger partial charge in [-0.25, -0.2) is 0 Å². The molecule has 56 valence electrons. The fourth-order valence-electron chi connectivity index (χ4n) is 1.38. The van der Waals surface area contributed by atoms with Crippen molar-refractivity contribution in [1.82, 2.24) is 0 Å². The van der Waals surface area contributed by atoms with Crippen molar-refractivity contribution in [1.29, 1.82) is 0 Å². The minimum atomic E-state index is -1.11. The fraction of sp³-hybridized carbons (Fsp3) is 0.714. The average molecular weight is 164 g/mol. The molecule has 0 aliphatic heterocycles. The van der Waals surface area contributed by atoms with Crippen LogP contribution in [0.1, 0.15) is 13.8 Å². The van der Waals surface area contributed by atoms with Crippen molar-refractivity contribution in [2.75, 3.05) is 0 Å². The van der Waals surface area contributed by atoms with Gasteiger partial charge in [-0.05, 0) is 5.41 Å². The van der Waals surface area contributed by atoms with Crippen molar-refractivity contribution in [3.8, 4) is 0 Å². The van der Waals surface area contributed by atoms with Crippen LogP contribution in [0.15, 0.2) is 0 Å². The van der Waals surface area contributed by atoms with Crippen LogP contribution >= 0.6 is 0 Å². The molecule has 4 heteroatoms. The van der Waals surface area contributed by atoms with E-state index >= 15 is 0 Å². The van der Waals surface area contributed by atoms with Crippen LogP contribution in [0, 0.1) is 17.3 Å². The average Bonchev–Trinajstić information content (AvgIpc) is 2.33. The molecule has 11 heavy (non-hydrogen) atoms. The molecule has 1 fully saturated rings. The van der Waals surface area contributed by atoms with E-state index in [4.69, 9.17) is 0 Å². The van der Waals surface area contributed by atoms with Gasteiger partial charge in [-0.1, -0.05) is 13.8 Å². The Hall–Kier alpha value is 0.140. The number of carbonyl (C=O) groups excluding carboxylic acids is 2. The third-order valence-electron chi connectivity index (χ3n) is 2.31. The van der Waals surface area contributed by atoms with Gasteiger partial charge < -0.3 is 14.7 Å². The summed E-state index contributed by atoms with van der Waals surface area (Å²) in [6.07, 6.45) is 0.695. The molecule has 0 aromatic carbocycles. The van der Waals surface area contributed by atoms with Crippen molar-refractivity contribution >= 4 is 12.3 Å². The van der Waals surface area contributed by atoms with E-state index in [0.29, 0.717) is 6.29 Å². The zero-order chi connectivity index (χ0) is 7.94. The molecule has 0 spiro atoms. The van der Waals surface area contributed by atoms with Crippen LogP contribution in [0.2, 0.25) is 0 Å². The van der Waals surface area contributed by atoms with Gasteiger partial charge in [-0.3, -0.25) is 0 Å². The summed E-state index contributed by atoms with van der Waals surface area (Å²) in [5.74, 6) is -2.01. The van der Waals surface area contributed by atoms with Crippen LogP contribution in [0.5, 0.6) is 0 Å². The van der Waals surface area contributed by atoms with Crippen LogP contribution < -0.4 is 34.7 Å². The van der Waals surface area contributed by atoms with Crippen LogP contribution in [0.4, 0.5) is 0 Å². The molecule has 0 unspecified atom stereocenters. The van der Waals surface area contributed by atoms with Gasteiger partial charge in [-0.2, -0.15) is 0 Å². The fourth-order valence-corrected chi connectivity index (χ4v) is 1.38. The van der Waals surface area contributed by atoms with Crippen molar-refractivity contribution in [3.05, 3.63) is 0 Å². The summed E-state index contributed by atoms with van der Waals surface area (Å²) in [6, 6.07) is 0. The first-order valence-electron chi connectivity index (χ1n) is 3.18. The van der Waals surface area contributed by atoms with Crippen LogP contribution in [-0.4, -0.2) is 12.3 Å². The maximum absolute atomic E-state index is 10.3. The molecular formula is C7H9NaO3. The molecule has 1 rings (SSSR count). The number of aldehydes is 1. The molecule has 2 atom stereocenters. The number of carbonyl (C=O) groups is 2. The number of hydrogen-bond acceptors (Lipinski definition) is 3. The summed E-state index contributed by atoms with van der Waals surface area (Å²) < 4.78 is 0. The number of carboxylic acids is 1. The summed E-state index contributed by atoms with van der Waals surface area (Å²) in [4.78, 5) is 20.5. The topological polar surface area (TPSA) is 57.2 Å². The molecular weight excluding hydrogens is 155 g/mol. The predicted molar refractivity (Wildman–Crippen MR) is 31.8 cm³/mol. The Morgan fingerprint density at radius 3 is 2.09 bits per heavy atom. The van der Waals surface area contributed by atoms with E-state index in [1.165, 1.54) is 0 Å². The Morgan fingerprint density at radius 1 is 1.55 bits per heavy atom. The van der Waals surface area contributed by atoms with E-state index in [1.807, 2.05) is 0 Å². The van der Waals surface area contributed by atoms with Crippen LogP contribution in [0.3, 0.4) is 0 Å². The molecule has 0 heterocycles. The molecule has 0 aromatic heterocycles. The second-order valence-corrected chi connectivity index (χ2v) is 3.28. The summed E-state index contributed by atoms with van der Waals surface area (Å²) in [5, 5.41) is 10.3. The van der Waals surface area contributed by atoms with Crippen molar-refractivity contribution in [3.63, 3.8) is 0 Å². The van der Waals surface area contributed by atoms with Gasteiger partial charge in [0.05, 0.1) is 0 Å². The minimum absolute atomic E-state index is 0. The summed E-state index contributed by atoms with van der Waals surface area (Å²) >= 11 is 0. The van der Waals surface area contributed by atoms with Gasteiger partial charge in [0, 0.05) is 17.8 Å². The Bertz CT molecular complexity index is 188. The Kier molecular flexibility index (Phi) is 3.29. The first kappa shape index (κ1) is 11.1. The maximum atomic E-state index is 10.3. The monoisotopic (exact) mass is 164 g/mol. The summed E-state index contributed by atoms with van der Waals surface area (Å²) in [6.45, 7) is 3.51. The molecule has 0 aromatic rings. The normalized spacial score (nSPS) is 31.8. The molecule has 3 nitrogen and oxygen atoms in total. The summed E-state index contributed by atoms with van der Waals surface area (Å²) in [5.41, 5.74) is -0.374. The number of hydrogen-bond donors (Lipinski definition) is 0. The number of rotatable bonds is 2. The second kappa shape index (κ2) is 3.25. The van der Waals surface area contributed by atoms with E-state index in [-0.39, 0.29) is 40.9 Å². The SMILES string of the molecule is CC1(C)[C@H](C(=O)[O-])[C@@H]1C=O.[Na+]. The van der Waals surface area contributed by atoms with Crippen LogP contribution in [0.25, 0.3) is 0 Å². The van der Waals surface area contributed by atoms with Gasteiger partial charge in [0.1, 0.15) is 6.29 Å². The van der Waals surface area contributed by atoms with Crippen molar-refractivity contribution in [2.24, 2.45) is 17.3 Å². The number of aliphatic carboxylic acids is 1. The molecule has 1 aliphatic carbocycles. The maximum Gasteiger partial charge on any atom is 1.00 e. The van der Waals surface area contributed by atoms with E-state index in [2.05, 4.69) is 0 Å². The quantitative estimate of drug-likeness (QED) is 0.311. The first-order chi connectivity index (χ1) is 4.51. The Labute approximate surface area is 87.5 Å². The third kappa shape index (κ3) is 1.66. The van der Waals surface area contributed by atoms with Crippen molar-refractivity contribution in [2.45, 2.75) is 13.8 Å². The van der Waals surface area contributed by atoms with Gasteiger partial charge in [-0.15, -0.1) is 0 Å². The van der Waals surface area contributed by atoms with Gasteiger partial charge >= 0.3 is 29.6 Å². The second-order valence-electron chi connectivity index (χ2n) is 3.28. The molecule has 0 radical (unpaired) electrons. The molecule has 0 saturated heterocycles. The molecule has 0 N–H and O–H groups in total. The van der Waals surface area contributed by atoms with E-state index in [0.717, 1.165) is 0 Å². The van der Waals surface area contributed by atoms with E-state index in [9.17, 15) is 14.7 Å². The Balaban J connectivity index is 0.000001000. The Morgan fingerprint density at radius 2 is 2.00 bits per heavy atom. The minimum Gasteiger partial charge on any atom is -0.550 e. The molecule has 0 amide bonds. The molecule has 1 saturated carbocycles. The molecule has 1 aliphatic rings. The van der Waals surface area contributed by atoms with Gasteiger partial charge in [0.15, 0.2) is 0 Å². The summed E-state index contributed by atoms with van der Waals surface area (Å²) in [7, 11) is 0. The standard InChI is InChI=1S/C7H10O3.Na/c1-7(2)4(3-8)5(7)6(9)10;/h3-5H,1-2H3,(H,9,10);/q;+1/p-1/t4-,5-;/m0./s1. The first-order valence-corrected chi connectivity index (χ1v) is 3.18. The third-order valence-corrected chi connectivity index (χ3v) is 2.31. The van der Waals surface area contributed by atoms with E-state index < -0.39 is 11.9 Å². The van der Waals surface area contributed by atoms with Crippen LogP contribution in [-0.2, 0) is 9.59 Å². The van der Waals surface area contributed by atoms with Gasteiger partial charge in [0.2, 0.25) is 0 Å². The van der Waals surface area contributed by atoms with Gasteiger partial charge in [0.25, 0.3) is 0 Å². The molecule has 0 bridgehead atoms. The largest absolute Gasteiger partial charge is 1.00 e. The predicted octanol–water partition coefficient (Wildman–Crippen LogP) is -3.79. The van der Waals surface area contributed by atoms with Crippen molar-refractivity contribution < 1.29 is 44.3 Å². The zero-order valence-corrected chi connectivity index (χ0v) is 8.96. The smallest absolute Gasteiger partial charge is 0.550 e. The van der Waals surface area contributed by atoms with E-state index in [1.54, 1.807) is 13.8 Å².